The van der Waals surface area contributed by atoms with E-state index in [1.54, 1.807) is 13.8 Å². The number of rotatable bonds is 6. The second kappa shape index (κ2) is 7.08. The van der Waals surface area contributed by atoms with E-state index in [-0.39, 0.29) is 30.4 Å². The smallest absolute Gasteiger partial charge is 0.330 e. The zero-order valence-corrected chi connectivity index (χ0v) is 16.0. The first-order chi connectivity index (χ1) is 12.2. The monoisotopic (exact) mass is 365 g/mol. The molecular formula is C19H31N3O4. The first-order valence-electron chi connectivity index (χ1n) is 9.67. The summed E-state index contributed by atoms with van der Waals surface area (Å²) in [7, 11) is 1.28. The van der Waals surface area contributed by atoms with Crippen LogP contribution in [0.5, 0.6) is 0 Å². The molecule has 3 amide bonds. The van der Waals surface area contributed by atoms with Crippen molar-refractivity contribution in [1.29, 1.82) is 0 Å². The molecule has 0 aliphatic heterocycles. The molecule has 0 aromatic carbocycles. The van der Waals surface area contributed by atoms with E-state index in [1.165, 1.54) is 26.4 Å². The Hall–Kier alpha value is -1.79. The van der Waals surface area contributed by atoms with Crippen molar-refractivity contribution in [3.63, 3.8) is 0 Å². The summed E-state index contributed by atoms with van der Waals surface area (Å²) in [5.74, 6) is 1.52. The predicted octanol–water partition coefficient (Wildman–Crippen LogP) is 1.71. The fourth-order valence-corrected chi connectivity index (χ4v) is 5.56. The average Bonchev–Trinajstić information content (AvgIpc) is 2.51. The fraction of sp³-hybridized carbons (Fsp3) is 0.842. The maximum Gasteiger partial charge on any atom is 0.330 e. The standard InChI is InChI=1S/C19H31N3O4/c1-18(2,16(24)26-3)21-15(23)4-5-20-17(25)22-19-9-12-6-13(10-19)8-14(7-12)11-19/h12-14H,4-11H2,1-3H3,(H,21,23)(H2,20,22,25). The average molecular weight is 365 g/mol. The van der Waals surface area contributed by atoms with Gasteiger partial charge in [-0.1, -0.05) is 0 Å². The van der Waals surface area contributed by atoms with Gasteiger partial charge in [-0.25, -0.2) is 9.59 Å². The van der Waals surface area contributed by atoms with E-state index in [4.69, 9.17) is 0 Å². The van der Waals surface area contributed by atoms with Crippen molar-refractivity contribution in [2.75, 3.05) is 13.7 Å². The number of nitrogens with one attached hydrogen (secondary N) is 3. The highest BCUT2D eigenvalue weighted by molar-refractivity contribution is 5.87. The van der Waals surface area contributed by atoms with Gasteiger partial charge >= 0.3 is 12.0 Å². The van der Waals surface area contributed by atoms with Gasteiger partial charge in [0, 0.05) is 18.5 Å². The lowest BCUT2D eigenvalue weighted by molar-refractivity contribution is -0.149. The molecule has 0 aromatic rings. The minimum atomic E-state index is -1.08. The summed E-state index contributed by atoms with van der Waals surface area (Å²) < 4.78 is 4.66. The third-order valence-corrected chi connectivity index (χ3v) is 6.20. The number of esters is 1. The Labute approximate surface area is 155 Å². The predicted molar refractivity (Wildman–Crippen MR) is 96.3 cm³/mol. The van der Waals surface area contributed by atoms with Crippen LogP contribution in [-0.2, 0) is 14.3 Å². The van der Waals surface area contributed by atoms with Crippen LogP contribution in [0.25, 0.3) is 0 Å². The maximum absolute atomic E-state index is 12.3. The molecule has 26 heavy (non-hydrogen) atoms. The molecule has 3 N–H and O–H groups in total. The molecule has 0 saturated heterocycles. The van der Waals surface area contributed by atoms with Crippen molar-refractivity contribution in [1.82, 2.24) is 16.0 Å². The van der Waals surface area contributed by atoms with Crippen LogP contribution in [0.1, 0.15) is 58.8 Å². The number of urea groups is 1. The van der Waals surface area contributed by atoms with Crippen LogP contribution >= 0.6 is 0 Å². The van der Waals surface area contributed by atoms with Crippen LogP contribution in [0, 0.1) is 17.8 Å². The van der Waals surface area contributed by atoms with E-state index in [9.17, 15) is 14.4 Å². The topological polar surface area (TPSA) is 96.5 Å². The minimum absolute atomic E-state index is 0.0338. The number of hydrogen-bond acceptors (Lipinski definition) is 4. The van der Waals surface area contributed by atoms with Crippen LogP contribution in [0.2, 0.25) is 0 Å². The fourth-order valence-electron chi connectivity index (χ4n) is 5.56. The Kier molecular flexibility index (Phi) is 5.17. The maximum atomic E-state index is 12.3. The molecule has 0 radical (unpaired) electrons. The van der Waals surface area contributed by atoms with Crippen molar-refractivity contribution < 1.29 is 19.1 Å². The zero-order chi connectivity index (χ0) is 18.9. The summed E-state index contributed by atoms with van der Waals surface area (Å²) in [4.78, 5) is 35.9. The third-order valence-electron chi connectivity index (χ3n) is 6.20. The van der Waals surface area contributed by atoms with E-state index >= 15 is 0 Å². The Bertz CT molecular complexity index is 552. The molecule has 7 heteroatoms. The number of carbonyl (C=O) groups is 3. The molecule has 0 aromatic heterocycles. The molecule has 4 aliphatic carbocycles. The van der Waals surface area contributed by atoms with Crippen molar-refractivity contribution >= 4 is 17.9 Å². The SMILES string of the molecule is COC(=O)C(C)(C)NC(=O)CCNC(=O)NC12CC3CC(CC(C3)C1)C2. The summed E-state index contributed by atoms with van der Waals surface area (Å²) in [5.41, 5.74) is -1.11. The van der Waals surface area contributed by atoms with Crippen LogP contribution in [0.15, 0.2) is 0 Å². The molecule has 4 saturated carbocycles. The van der Waals surface area contributed by atoms with Crippen molar-refractivity contribution in [2.24, 2.45) is 17.8 Å². The Morgan fingerprint density at radius 3 is 2.08 bits per heavy atom. The van der Waals surface area contributed by atoms with E-state index in [1.807, 2.05) is 0 Å². The van der Waals surface area contributed by atoms with Gasteiger partial charge < -0.3 is 20.7 Å². The lowest BCUT2D eigenvalue weighted by atomic mass is 9.53. The van der Waals surface area contributed by atoms with E-state index in [0.717, 1.165) is 37.0 Å². The quantitative estimate of drug-likeness (QED) is 0.624. The first kappa shape index (κ1) is 19.0. The molecular weight excluding hydrogens is 334 g/mol. The van der Waals surface area contributed by atoms with Gasteiger partial charge in [0.1, 0.15) is 5.54 Å². The molecule has 0 heterocycles. The summed E-state index contributed by atoms with van der Waals surface area (Å²) >= 11 is 0. The Morgan fingerprint density at radius 2 is 1.58 bits per heavy atom. The van der Waals surface area contributed by atoms with Gasteiger partial charge in [0.15, 0.2) is 0 Å². The van der Waals surface area contributed by atoms with Crippen LogP contribution in [0.4, 0.5) is 4.79 Å². The number of methoxy groups -OCH3 is 1. The molecule has 7 nitrogen and oxygen atoms in total. The summed E-state index contributed by atoms with van der Waals surface area (Å²) in [6.45, 7) is 3.41. The van der Waals surface area contributed by atoms with Gasteiger partial charge in [0.05, 0.1) is 7.11 Å². The molecule has 4 aliphatic rings. The van der Waals surface area contributed by atoms with Crippen LogP contribution in [0.3, 0.4) is 0 Å². The van der Waals surface area contributed by atoms with Crippen LogP contribution < -0.4 is 16.0 Å². The van der Waals surface area contributed by atoms with Gasteiger partial charge in [-0.15, -0.1) is 0 Å². The second-order valence-electron chi connectivity index (χ2n) is 8.99. The molecule has 0 unspecified atom stereocenters. The molecule has 0 spiro atoms. The first-order valence-corrected chi connectivity index (χ1v) is 9.67. The highest BCUT2D eigenvalue weighted by atomic mass is 16.5. The Morgan fingerprint density at radius 1 is 1.04 bits per heavy atom. The molecule has 146 valence electrons. The highest BCUT2D eigenvalue weighted by Crippen LogP contribution is 2.55. The van der Waals surface area contributed by atoms with Crippen molar-refractivity contribution in [2.45, 2.75) is 69.9 Å². The normalized spacial score (nSPS) is 32.0. The summed E-state index contributed by atoms with van der Waals surface area (Å²) in [5, 5.41) is 8.63. The van der Waals surface area contributed by atoms with E-state index in [2.05, 4.69) is 20.7 Å². The Balaban J connectivity index is 1.41. The van der Waals surface area contributed by atoms with Gasteiger partial charge in [-0.2, -0.15) is 0 Å². The number of ether oxygens (including phenoxy) is 1. The van der Waals surface area contributed by atoms with Crippen molar-refractivity contribution in [3.05, 3.63) is 0 Å². The van der Waals surface area contributed by atoms with E-state index < -0.39 is 11.5 Å². The second-order valence-corrected chi connectivity index (χ2v) is 8.99. The van der Waals surface area contributed by atoms with Crippen LogP contribution in [-0.4, -0.2) is 42.6 Å². The van der Waals surface area contributed by atoms with Crippen molar-refractivity contribution in [3.8, 4) is 0 Å². The highest BCUT2D eigenvalue weighted by Gasteiger charge is 2.51. The summed E-state index contributed by atoms with van der Waals surface area (Å²) in [6, 6.07) is -0.188. The van der Waals surface area contributed by atoms with Gasteiger partial charge in [0.2, 0.25) is 5.91 Å². The van der Waals surface area contributed by atoms with E-state index in [0.29, 0.717) is 0 Å². The molecule has 0 atom stereocenters. The lowest BCUT2D eigenvalue weighted by Gasteiger charge is -2.56. The molecule has 4 fully saturated rings. The molecule has 4 bridgehead atoms. The number of hydrogen-bond donors (Lipinski definition) is 3. The minimum Gasteiger partial charge on any atom is -0.467 e. The third kappa shape index (κ3) is 4.13. The van der Waals surface area contributed by atoms with Gasteiger partial charge in [-0.05, 0) is 70.1 Å². The summed E-state index contributed by atoms with van der Waals surface area (Å²) in [6.07, 6.45) is 7.41. The van der Waals surface area contributed by atoms with Gasteiger partial charge in [-0.3, -0.25) is 4.79 Å². The number of amides is 3. The zero-order valence-electron chi connectivity index (χ0n) is 16.0. The number of carbonyl (C=O) groups excluding carboxylic acids is 3. The largest absolute Gasteiger partial charge is 0.467 e. The lowest BCUT2D eigenvalue weighted by Crippen LogP contribution is -2.61. The van der Waals surface area contributed by atoms with Gasteiger partial charge in [0.25, 0.3) is 0 Å². The molecule has 4 rings (SSSR count).